The van der Waals surface area contributed by atoms with E-state index in [-0.39, 0.29) is 5.56 Å². The molecule has 12 nitrogen and oxygen atoms in total. The summed E-state index contributed by atoms with van der Waals surface area (Å²) in [5, 5.41) is 9.22. The van der Waals surface area contributed by atoms with Gasteiger partial charge >= 0.3 is 0 Å². The molecule has 5 aromatic heterocycles. The third kappa shape index (κ3) is 5.98. The summed E-state index contributed by atoms with van der Waals surface area (Å²) in [5.74, 6) is 1.45. The van der Waals surface area contributed by atoms with Gasteiger partial charge in [-0.05, 0) is 49.7 Å². The van der Waals surface area contributed by atoms with Crippen molar-refractivity contribution in [1.29, 1.82) is 0 Å². The number of benzene rings is 1. The normalized spacial score (nSPS) is 12.6. The SMILES string of the molecule is COc1ncc(-c2cn(COCC[Si](C)(C)C)c3ncnc(N[C@@H](C)c4nn5ccc(C)c5c(=O)n4-c4ccccc4)c23)cc1N. The van der Waals surface area contributed by atoms with Gasteiger partial charge in [-0.15, -0.1) is 0 Å². The maximum absolute atomic E-state index is 13.9. The molecule has 0 amide bonds. The van der Waals surface area contributed by atoms with Crippen molar-refractivity contribution < 1.29 is 9.47 Å². The van der Waals surface area contributed by atoms with E-state index in [9.17, 15) is 4.79 Å². The van der Waals surface area contributed by atoms with E-state index in [4.69, 9.17) is 20.3 Å². The van der Waals surface area contributed by atoms with Crippen molar-refractivity contribution in [1.82, 2.24) is 33.7 Å². The van der Waals surface area contributed by atoms with E-state index in [0.29, 0.717) is 47.7 Å². The zero-order valence-corrected chi connectivity index (χ0v) is 28.0. The van der Waals surface area contributed by atoms with Crippen LogP contribution < -0.4 is 21.3 Å². The minimum atomic E-state index is -1.26. The minimum Gasteiger partial charge on any atom is -0.480 e. The molecular weight excluding hydrogens is 599 g/mol. The second kappa shape index (κ2) is 12.4. The zero-order valence-electron chi connectivity index (χ0n) is 27.0. The molecule has 0 spiro atoms. The number of anilines is 2. The van der Waals surface area contributed by atoms with Gasteiger partial charge in [-0.3, -0.25) is 9.36 Å². The van der Waals surface area contributed by atoms with Gasteiger partial charge in [-0.2, -0.15) is 5.10 Å². The fourth-order valence-corrected chi connectivity index (χ4v) is 6.24. The van der Waals surface area contributed by atoms with Crippen molar-refractivity contribution in [2.24, 2.45) is 0 Å². The Morgan fingerprint density at radius 2 is 1.87 bits per heavy atom. The number of nitrogens with two attached hydrogens (primary N) is 1. The molecule has 0 bridgehead atoms. The molecule has 1 atom stereocenters. The van der Waals surface area contributed by atoms with Crippen LogP contribution in [0.2, 0.25) is 25.7 Å². The summed E-state index contributed by atoms with van der Waals surface area (Å²) in [6.45, 7) is 11.8. The lowest BCUT2D eigenvalue weighted by molar-refractivity contribution is 0.0899. The Bertz CT molecular complexity index is 2080. The van der Waals surface area contributed by atoms with Gasteiger partial charge in [0, 0.05) is 44.4 Å². The molecule has 238 valence electrons. The molecule has 3 N–H and O–H groups in total. The zero-order chi connectivity index (χ0) is 32.6. The number of pyridine rings is 1. The van der Waals surface area contributed by atoms with Gasteiger partial charge in [-0.1, -0.05) is 37.8 Å². The lowest BCUT2D eigenvalue weighted by Crippen LogP contribution is -2.29. The number of aromatic nitrogens is 7. The number of hydrogen-bond donors (Lipinski definition) is 2. The molecule has 0 saturated heterocycles. The Morgan fingerprint density at radius 1 is 1.09 bits per heavy atom. The highest BCUT2D eigenvalue weighted by Crippen LogP contribution is 2.36. The Morgan fingerprint density at radius 3 is 2.59 bits per heavy atom. The number of ether oxygens (including phenoxy) is 2. The summed E-state index contributed by atoms with van der Waals surface area (Å²) in [5.41, 5.74) is 10.9. The predicted octanol–water partition coefficient (Wildman–Crippen LogP) is 5.68. The molecule has 5 heterocycles. The minimum absolute atomic E-state index is 0.151. The molecule has 6 rings (SSSR count). The second-order valence-electron chi connectivity index (χ2n) is 12.6. The van der Waals surface area contributed by atoms with Crippen LogP contribution in [0.1, 0.15) is 24.4 Å². The van der Waals surface area contributed by atoms with Gasteiger partial charge in [0.2, 0.25) is 5.88 Å². The first-order valence-corrected chi connectivity index (χ1v) is 18.9. The summed E-state index contributed by atoms with van der Waals surface area (Å²) >= 11 is 0. The van der Waals surface area contributed by atoms with Crippen molar-refractivity contribution in [2.45, 2.75) is 52.3 Å². The third-order valence-electron chi connectivity index (χ3n) is 7.93. The summed E-state index contributed by atoms with van der Waals surface area (Å²) in [7, 11) is 0.280. The lowest BCUT2D eigenvalue weighted by atomic mass is 10.1. The summed E-state index contributed by atoms with van der Waals surface area (Å²) < 4.78 is 16.7. The van der Waals surface area contributed by atoms with E-state index < -0.39 is 14.1 Å². The molecule has 1 aromatic carbocycles. The Hall–Kier alpha value is -5.01. The highest BCUT2D eigenvalue weighted by Gasteiger charge is 2.23. The smallest absolute Gasteiger partial charge is 0.282 e. The van der Waals surface area contributed by atoms with Crippen LogP contribution in [-0.4, -0.2) is 55.5 Å². The molecule has 0 fully saturated rings. The van der Waals surface area contributed by atoms with Gasteiger partial charge < -0.3 is 25.1 Å². The first-order valence-electron chi connectivity index (χ1n) is 15.2. The van der Waals surface area contributed by atoms with E-state index in [1.54, 1.807) is 15.3 Å². The maximum Gasteiger partial charge on any atom is 0.282 e. The average molecular weight is 638 g/mol. The fraction of sp³-hybridized carbons (Fsp3) is 0.303. The van der Waals surface area contributed by atoms with Gasteiger partial charge in [0.15, 0.2) is 5.82 Å². The molecule has 0 saturated carbocycles. The molecule has 0 aliphatic carbocycles. The molecule has 46 heavy (non-hydrogen) atoms. The third-order valence-corrected chi connectivity index (χ3v) is 9.64. The molecule has 6 aromatic rings. The van der Waals surface area contributed by atoms with E-state index in [1.807, 2.05) is 73.3 Å². The van der Waals surface area contributed by atoms with E-state index in [1.165, 1.54) is 13.4 Å². The van der Waals surface area contributed by atoms with Crippen molar-refractivity contribution >= 4 is 36.1 Å². The molecule has 0 aliphatic heterocycles. The van der Waals surface area contributed by atoms with Crippen LogP contribution in [-0.2, 0) is 11.5 Å². The Kier molecular flexibility index (Phi) is 8.36. The van der Waals surface area contributed by atoms with Crippen molar-refractivity contribution in [3.63, 3.8) is 0 Å². The molecule has 13 heteroatoms. The van der Waals surface area contributed by atoms with Gasteiger partial charge in [0.1, 0.15) is 30.0 Å². The number of hydrogen-bond acceptors (Lipinski definition) is 9. The number of nitrogens with one attached hydrogen (secondary N) is 1. The first-order chi connectivity index (χ1) is 22.1. The van der Waals surface area contributed by atoms with E-state index in [2.05, 4.69) is 39.9 Å². The highest BCUT2D eigenvalue weighted by molar-refractivity contribution is 6.76. The highest BCUT2D eigenvalue weighted by atomic mass is 28.3. The Labute approximate surface area is 267 Å². The second-order valence-corrected chi connectivity index (χ2v) is 18.2. The molecule has 0 radical (unpaired) electrons. The molecular formula is C33H39N9O3Si. The average Bonchev–Trinajstić information content (AvgIpc) is 3.60. The van der Waals surface area contributed by atoms with Crippen molar-refractivity contribution in [2.75, 3.05) is 24.8 Å². The first kappa shape index (κ1) is 31.0. The van der Waals surface area contributed by atoms with Gasteiger partial charge in [0.25, 0.3) is 5.56 Å². The monoisotopic (exact) mass is 637 g/mol. The number of aryl methyl sites for hydroxylation is 1. The van der Waals surface area contributed by atoms with E-state index in [0.717, 1.165) is 33.8 Å². The largest absolute Gasteiger partial charge is 0.480 e. The predicted molar refractivity (Wildman–Crippen MR) is 183 cm³/mol. The van der Waals surface area contributed by atoms with Crippen LogP contribution in [0.4, 0.5) is 11.5 Å². The molecule has 0 aliphatic rings. The summed E-state index contributed by atoms with van der Waals surface area (Å²) in [6.07, 6.45) is 7.04. The number of para-hydroxylation sites is 1. The summed E-state index contributed by atoms with van der Waals surface area (Å²) in [4.78, 5) is 27.7. The quantitative estimate of drug-likeness (QED) is 0.136. The van der Waals surface area contributed by atoms with Crippen LogP contribution in [0.3, 0.4) is 0 Å². The number of methoxy groups -OCH3 is 1. The van der Waals surface area contributed by atoms with Crippen LogP contribution >= 0.6 is 0 Å². The topological polar surface area (TPSA) is 139 Å². The number of fused-ring (bicyclic) bond motifs is 2. The number of nitrogen functional groups attached to an aromatic ring is 1. The maximum atomic E-state index is 13.9. The van der Waals surface area contributed by atoms with E-state index >= 15 is 0 Å². The van der Waals surface area contributed by atoms with Crippen molar-refractivity contribution in [3.8, 4) is 22.7 Å². The summed E-state index contributed by atoms with van der Waals surface area (Å²) in [6, 6.07) is 13.9. The fourth-order valence-electron chi connectivity index (χ4n) is 5.49. The van der Waals surface area contributed by atoms with Crippen LogP contribution in [0.5, 0.6) is 5.88 Å². The van der Waals surface area contributed by atoms with Gasteiger partial charge in [-0.25, -0.2) is 19.5 Å². The number of nitrogens with zero attached hydrogens (tertiary/aromatic N) is 7. The lowest BCUT2D eigenvalue weighted by Gasteiger charge is -2.20. The van der Waals surface area contributed by atoms with Gasteiger partial charge in [0.05, 0.1) is 29.9 Å². The van der Waals surface area contributed by atoms with Crippen LogP contribution in [0.25, 0.3) is 33.4 Å². The van der Waals surface area contributed by atoms with Crippen molar-refractivity contribution in [3.05, 3.63) is 89.1 Å². The molecule has 0 unspecified atom stereocenters. The standard InChI is InChI=1S/C33H39N9O3Si/c1-21-12-13-41-28(21)33(43)42(24-10-8-7-9-11-24)30(39-41)22(2)38-29-27-25(23-16-26(34)32(44-3)35-17-23)18-40(31(27)37-19-36-29)20-45-14-15-46(4,5)6/h7-13,16-19,22H,14-15,20,34H2,1-6H3,(H,36,37,38)/t22-/m0/s1. The van der Waals surface area contributed by atoms with Crippen LogP contribution in [0.15, 0.2) is 72.2 Å². The Balaban J connectivity index is 1.46. The van der Waals surface area contributed by atoms with Crippen LogP contribution in [0, 0.1) is 6.92 Å². The number of rotatable bonds is 11.